The normalized spacial score (nSPS) is 14.0. The van der Waals surface area contributed by atoms with Crippen LogP contribution in [0.4, 0.5) is 0 Å². The molecule has 0 aliphatic carbocycles. The van der Waals surface area contributed by atoms with Gasteiger partial charge in [0.15, 0.2) is 12.2 Å². The topological polar surface area (TPSA) is 237 Å². The third kappa shape index (κ3) is 70.5. The number of aliphatic hydroxyl groups excluding tert-OH is 1. The van der Waals surface area contributed by atoms with E-state index in [-0.39, 0.29) is 25.7 Å². The predicted molar refractivity (Wildman–Crippen MR) is 391 cm³/mol. The van der Waals surface area contributed by atoms with Gasteiger partial charge in [0.1, 0.15) is 19.3 Å². The number of hydrogen-bond donors (Lipinski definition) is 3. The third-order valence-electron chi connectivity index (χ3n) is 18.0. The van der Waals surface area contributed by atoms with Crippen molar-refractivity contribution in [3.63, 3.8) is 0 Å². The molecule has 2 unspecified atom stereocenters. The molecule has 0 aliphatic heterocycles. The maximum absolute atomic E-state index is 13.1. The Labute approximate surface area is 588 Å². The monoisotopic (exact) mass is 1410 g/mol. The van der Waals surface area contributed by atoms with Crippen LogP contribution < -0.4 is 0 Å². The van der Waals surface area contributed by atoms with E-state index in [1.165, 1.54) is 218 Å². The van der Waals surface area contributed by atoms with Crippen molar-refractivity contribution in [3.8, 4) is 0 Å². The molecule has 570 valence electrons. The van der Waals surface area contributed by atoms with Gasteiger partial charge in [0.2, 0.25) is 0 Å². The Bertz CT molecular complexity index is 1860. The molecular formula is C77H150O17P2. The van der Waals surface area contributed by atoms with Gasteiger partial charge in [-0.3, -0.25) is 37.3 Å². The molecule has 0 bridgehead atoms. The number of ether oxygens (including phenoxy) is 4. The minimum Gasteiger partial charge on any atom is -0.462 e. The summed E-state index contributed by atoms with van der Waals surface area (Å²) < 4.78 is 68.6. The lowest BCUT2D eigenvalue weighted by Crippen LogP contribution is -2.30. The van der Waals surface area contributed by atoms with E-state index < -0.39 is 97.5 Å². The van der Waals surface area contributed by atoms with Crippen LogP contribution in [0.15, 0.2) is 0 Å². The van der Waals surface area contributed by atoms with E-state index in [0.29, 0.717) is 25.7 Å². The lowest BCUT2D eigenvalue weighted by atomic mass is 10.0. The van der Waals surface area contributed by atoms with E-state index in [2.05, 4.69) is 41.5 Å². The Morgan fingerprint density at radius 3 is 0.708 bits per heavy atom. The number of hydrogen-bond acceptors (Lipinski definition) is 15. The number of rotatable bonds is 76. The van der Waals surface area contributed by atoms with Gasteiger partial charge < -0.3 is 33.8 Å². The Hall–Kier alpha value is -1.94. The fraction of sp³-hybridized carbons (Fsp3) is 0.948. The van der Waals surface area contributed by atoms with Gasteiger partial charge in [-0.1, -0.05) is 350 Å². The molecule has 0 aliphatic rings. The van der Waals surface area contributed by atoms with Gasteiger partial charge >= 0.3 is 39.5 Å². The number of phosphoric ester groups is 2. The molecule has 0 radical (unpaired) electrons. The molecule has 96 heavy (non-hydrogen) atoms. The molecule has 0 saturated heterocycles. The number of unbranched alkanes of at least 4 members (excludes halogenated alkanes) is 46. The summed E-state index contributed by atoms with van der Waals surface area (Å²) in [7, 11) is -9.91. The molecule has 5 atom stereocenters. The van der Waals surface area contributed by atoms with Crippen molar-refractivity contribution < 1.29 is 80.2 Å². The van der Waals surface area contributed by atoms with Crippen LogP contribution in [0.1, 0.15) is 401 Å². The van der Waals surface area contributed by atoms with Crippen LogP contribution in [0.2, 0.25) is 0 Å². The smallest absolute Gasteiger partial charge is 0.462 e. The first-order valence-electron chi connectivity index (χ1n) is 40.0. The van der Waals surface area contributed by atoms with E-state index in [1.54, 1.807) is 0 Å². The van der Waals surface area contributed by atoms with Gasteiger partial charge in [-0.15, -0.1) is 0 Å². The van der Waals surface area contributed by atoms with E-state index >= 15 is 0 Å². The number of phosphoric acid groups is 2. The molecule has 0 aromatic heterocycles. The number of esters is 4. The lowest BCUT2D eigenvalue weighted by Gasteiger charge is -2.21. The first-order valence-corrected chi connectivity index (χ1v) is 43.0. The Balaban J connectivity index is 5.26. The van der Waals surface area contributed by atoms with Crippen LogP contribution in [0, 0.1) is 11.8 Å². The average molecular weight is 1410 g/mol. The molecule has 17 nitrogen and oxygen atoms in total. The zero-order valence-corrected chi connectivity index (χ0v) is 64.5. The number of aliphatic hydroxyl groups is 1. The van der Waals surface area contributed by atoms with Crippen LogP contribution in [-0.4, -0.2) is 96.7 Å². The van der Waals surface area contributed by atoms with Crippen molar-refractivity contribution in [2.75, 3.05) is 39.6 Å². The van der Waals surface area contributed by atoms with E-state index in [9.17, 15) is 43.2 Å². The second kappa shape index (κ2) is 68.8. The summed E-state index contributed by atoms with van der Waals surface area (Å²) in [5.74, 6) is -0.621. The standard InChI is InChI=1S/C77H150O17P2/c1-7-9-11-13-15-17-19-21-23-25-27-31-35-43-49-55-61-76(81)93-72(65-87-74(79)59-53-47-41-34-30-26-24-22-20-18-16-14-12-10-8-2)67-91-95(83,84)89-63-71(78)64-90-96(85,86)92-68-73(66-88-75(80)60-54-48-42-38-37-40-46-52-58-70(5)6)94-77(82)62-56-50-44-36-32-28-29-33-39-45-51-57-69(3)4/h69-73,78H,7-68H2,1-6H3,(H,83,84)(H,85,86)/t71-,72-,73-/m1/s1. The molecule has 0 saturated carbocycles. The third-order valence-corrected chi connectivity index (χ3v) is 19.9. The van der Waals surface area contributed by atoms with Crippen LogP contribution in [0.25, 0.3) is 0 Å². The molecule has 0 fully saturated rings. The largest absolute Gasteiger partial charge is 0.472 e. The molecule has 3 N–H and O–H groups in total. The quantitative estimate of drug-likeness (QED) is 0.0222. The fourth-order valence-electron chi connectivity index (χ4n) is 11.8. The first-order chi connectivity index (χ1) is 46.4. The predicted octanol–water partition coefficient (Wildman–Crippen LogP) is 22.7. The number of carbonyl (C=O) groups is 4. The second-order valence-electron chi connectivity index (χ2n) is 28.7. The van der Waals surface area contributed by atoms with Gasteiger partial charge in [-0.25, -0.2) is 9.13 Å². The van der Waals surface area contributed by atoms with E-state index in [0.717, 1.165) is 102 Å². The summed E-state index contributed by atoms with van der Waals surface area (Å²) in [6, 6.07) is 0. The van der Waals surface area contributed by atoms with E-state index in [4.69, 9.17) is 37.0 Å². The average Bonchev–Trinajstić information content (AvgIpc) is 1.12. The first kappa shape index (κ1) is 94.1. The van der Waals surface area contributed by atoms with Crippen LogP contribution >= 0.6 is 15.6 Å². The molecule has 0 aromatic carbocycles. The summed E-state index contributed by atoms with van der Waals surface area (Å²) >= 11 is 0. The van der Waals surface area contributed by atoms with Gasteiger partial charge in [-0.05, 0) is 37.5 Å². The maximum atomic E-state index is 13.1. The maximum Gasteiger partial charge on any atom is 0.472 e. The van der Waals surface area contributed by atoms with Gasteiger partial charge in [-0.2, -0.15) is 0 Å². The lowest BCUT2D eigenvalue weighted by molar-refractivity contribution is -0.161. The molecule has 19 heteroatoms. The fourth-order valence-corrected chi connectivity index (χ4v) is 13.4. The van der Waals surface area contributed by atoms with Gasteiger partial charge in [0.25, 0.3) is 0 Å². The summed E-state index contributed by atoms with van der Waals surface area (Å²) in [5, 5.41) is 10.6. The van der Waals surface area contributed by atoms with Crippen LogP contribution in [0.5, 0.6) is 0 Å². The van der Waals surface area contributed by atoms with Crippen molar-refractivity contribution in [1.82, 2.24) is 0 Å². The molecule has 0 rings (SSSR count). The van der Waals surface area contributed by atoms with Crippen molar-refractivity contribution in [2.24, 2.45) is 11.8 Å². The van der Waals surface area contributed by atoms with Crippen LogP contribution in [-0.2, 0) is 65.4 Å². The van der Waals surface area contributed by atoms with E-state index in [1.807, 2.05) is 0 Å². The van der Waals surface area contributed by atoms with Gasteiger partial charge in [0.05, 0.1) is 26.4 Å². The Morgan fingerprint density at radius 1 is 0.281 bits per heavy atom. The summed E-state index contributed by atoms with van der Waals surface area (Å²) in [5.41, 5.74) is 0. The van der Waals surface area contributed by atoms with Crippen molar-refractivity contribution in [3.05, 3.63) is 0 Å². The minimum atomic E-state index is -4.96. The molecular weight excluding hydrogens is 1260 g/mol. The molecule has 0 aromatic rings. The highest BCUT2D eigenvalue weighted by Gasteiger charge is 2.30. The van der Waals surface area contributed by atoms with Crippen molar-refractivity contribution in [2.45, 2.75) is 419 Å². The minimum absolute atomic E-state index is 0.106. The SMILES string of the molecule is CCCCCCCCCCCCCCCCCCC(=O)O[C@H](COC(=O)CCCCCCCCCCCCCCCCC)COP(=O)(O)OC[C@@H](O)COP(=O)(O)OC[C@@H](COC(=O)CCCCCCCCCCC(C)C)OC(=O)CCCCCCCCCCCCCC(C)C. The zero-order chi connectivity index (χ0) is 70.7. The molecule has 0 amide bonds. The Kier molecular flexibility index (Phi) is 67.4. The van der Waals surface area contributed by atoms with Gasteiger partial charge in [0, 0.05) is 25.7 Å². The highest BCUT2D eigenvalue weighted by Crippen LogP contribution is 2.45. The Morgan fingerprint density at radius 2 is 0.479 bits per heavy atom. The molecule has 0 heterocycles. The summed E-state index contributed by atoms with van der Waals surface area (Å²) in [6.07, 6.45) is 56.8. The summed E-state index contributed by atoms with van der Waals surface area (Å²) in [4.78, 5) is 72.9. The highest BCUT2D eigenvalue weighted by atomic mass is 31.2. The van der Waals surface area contributed by atoms with Crippen molar-refractivity contribution in [1.29, 1.82) is 0 Å². The summed E-state index contributed by atoms with van der Waals surface area (Å²) in [6.45, 7) is 9.58. The zero-order valence-electron chi connectivity index (χ0n) is 62.7. The highest BCUT2D eigenvalue weighted by molar-refractivity contribution is 7.47. The molecule has 0 spiro atoms. The van der Waals surface area contributed by atoms with Crippen LogP contribution in [0.3, 0.4) is 0 Å². The number of carbonyl (C=O) groups excluding carboxylic acids is 4. The van der Waals surface area contributed by atoms with Crippen molar-refractivity contribution >= 4 is 39.5 Å². The second-order valence-corrected chi connectivity index (χ2v) is 31.6.